The second-order valence-electron chi connectivity index (χ2n) is 8.55. The topological polar surface area (TPSA) is 83.0 Å². The maximum atomic E-state index is 13.8. The Balaban J connectivity index is 1.63. The predicted octanol–water partition coefficient (Wildman–Crippen LogP) is 5.54. The second kappa shape index (κ2) is 11.1. The number of aromatic nitrogens is 1. The van der Waals surface area contributed by atoms with Gasteiger partial charge in [0.15, 0.2) is 4.80 Å². The lowest BCUT2D eigenvalue weighted by molar-refractivity contribution is -0.138. The lowest BCUT2D eigenvalue weighted by atomic mass is 9.96. The lowest BCUT2D eigenvalue weighted by Crippen LogP contribution is -2.39. The molecule has 0 amide bonds. The van der Waals surface area contributed by atoms with Crippen LogP contribution in [0.2, 0.25) is 10.0 Å². The molecule has 0 bridgehead atoms. The average molecular weight is 581 g/mol. The van der Waals surface area contributed by atoms with Crippen molar-refractivity contribution < 1.29 is 18.7 Å². The molecule has 4 aromatic rings. The van der Waals surface area contributed by atoms with Crippen molar-refractivity contribution in [2.75, 3.05) is 13.7 Å². The van der Waals surface area contributed by atoms with E-state index in [0.29, 0.717) is 53.5 Å². The number of thiazole rings is 1. The molecule has 7 nitrogen and oxygen atoms in total. The predicted molar refractivity (Wildman–Crippen MR) is 152 cm³/mol. The molecule has 3 heterocycles. The molecule has 0 saturated carbocycles. The van der Waals surface area contributed by atoms with E-state index in [1.165, 1.54) is 22.0 Å². The van der Waals surface area contributed by atoms with Crippen LogP contribution in [0.1, 0.15) is 24.3 Å². The monoisotopic (exact) mass is 580 g/mol. The largest absolute Gasteiger partial charge is 0.497 e. The first-order valence-electron chi connectivity index (χ1n) is 11.8. The van der Waals surface area contributed by atoms with Gasteiger partial charge in [-0.05, 0) is 48.9 Å². The Bertz CT molecular complexity index is 1800. The van der Waals surface area contributed by atoms with Gasteiger partial charge in [-0.2, -0.15) is 0 Å². The van der Waals surface area contributed by atoms with E-state index in [1.54, 1.807) is 62.6 Å². The third kappa shape index (κ3) is 5.11. The number of hydrogen-bond donors (Lipinski definition) is 0. The normalized spacial score (nSPS) is 15.1. The van der Waals surface area contributed by atoms with Gasteiger partial charge in [-0.15, -0.1) is 0 Å². The molecule has 0 N–H and O–H groups in total. The molecule has 1 atom stereocenters. The van der Waals surface area contributed by atoms with Crippen LogP contribution < -0.4 is 19.6 Å². The molecule has 1 aliphatic rings. The molecule has 5 rings (SSSR count). The van der Waals surface area contributed by atoms with Crippen LogP contribution in [0.25, 0.3) is 17.4 Å². The quantitative estimate of drug-likeness (QED) is 0.212. The highest BCUT2D eigenvalue weighted by Gasteiger charge is 2.33. The summed E-state index contributed by atoms with van der Waals surface area (Å²) in [6.45, 7) is 5.37. The van der Waals surface area contributed by atoms with Crippen molar-refractivity contribution in [3.8, 4) is 17.1 Å². The fraction of sp³-hybridized carbons (Fsp3) is 0.138. The highest BCUT2D eigenvalue weighted by molar-refractivity contribution is 7.07. The Morgan fingerprint density at radius 2 is 1.95 bits per heavy atom. The van der Waals surface area contributed by atoms with Crippen molar-refractivity contribution >= 4 is 46.6 Å². The molecule has 1 aliphatic heterocycles. The van der Waals surface area contributed by atoms with Crippen molar-refractivity contribution in [1.29, 1.82) is 0 Å². The standard InChI is InChI=1S/C29H22Cl2N2O5S/c1-4-14-37-28(35)24-16(2)32-29-33(26(24)17-8-10-18(36-3)11-9-17)27(34)23(39-29)15-19-12-13-22(38-19)20-6-5-7-21(30)25(20)31/h4-13,15,26H,1,14H2,2-3H3. The van der Waals surface area contributed by atoms with E-state index >= 15 is 0 Å². The van der Waals surface area contributed by atoms with Gasteiger partial charge in [-0.25, -0.2) is 9.79 Å². The first-order chi connectivity index (χ1) is 18.8. The molecule has 39 heavy (non-hydrogen) atoms. The number of nitrogens with zero attached hydrogens (tertiary/aromatic N) is 2. The Morgan fingerprint density at radius 1 is 1.18 bits per heavy atom. The molecule has 2 aromatic carbocycles. The van der Waals surface area contributed by atoms with Crippen LogP contribution in [0, 0.1) is 0 Å². The first-order valence-corrected chi connectivity index (χ1v) is 13.4. The van der Waals surface area contributed by atoms with Gasteiger partial charge in [-0.3, -0.25) is 9.36 Å². The molecule has 0 fully saturated rings. The summed E-state index contributed by atoms with van der Waals surface area (Å²) in [6.07, 6.45) is 3.13. The van der Waals surface area contributed by atoms with Gasteiger partial charge in [0.1, 0.15) is 23.9 Å². The summed E-state index contributed by atoms with van der Waals surface area (Å²) in [5.74, 6) is 1.05. The second-order valence-corrected chi connectivity index (χ2v) is 10.3. The number of carbonyl (C=O) groups is 1. The van der Waals surface area contributed by atoms with Crippen molar-refractivity contribution in [2.45, 2.75) is 13.0 Å². The molecule has 2 aromatic heterocycles. The Kier molecular flexibility index (Phi) is 7.61. The molecule has 10 heteroatoms. The zero-order valence-corrected chi connectivity index (χ0v) is 23.3. The molecule has 0 aliphatic carbocycles. The fourth-order valence-corrected chi connectivity index (χ4v) is 5.72. The maximum absolute atomic E-state index is 13.8. The average Bonchev–Trinajstić information content (AvgIpc) is 3.52. The minimum absolute atomic E-state index is 0.0346. The van der Waals surface area contributed by atoms with E-state index in [4.69, 9.17) is 37.1 Å². The summed E-state index contributed by atoms with van der Waals surface area (Å²) < 4.78 is 18.5. The minimum atomic E-state index is -0.746. The number of carbonyl (C=O) groups excluding carboxylic acids is 1. The number of halogens is 2. The van der Waals surface area contributed by atoms with Crippen molar-refractivity contribution in [3.05, 3.63) is 120 Å². The summed E-state index contributed by atoms with van der Waals surface area (Å²) in [5.41, 5.74) is 1.77. The van der Waals surface area contributed by atoms with Crippen molar-refractivity contribution in [2.24, 2.45) is 4.99 Å². The van der Waals surface area contributed by atoms with E-state index in [9.17, 15) is 9.59 Å². The molecule has 1 unspecified atom stereocenters. The Labute approximate surface area is 237 Å². The van der Waals surface area contributed by atoms with Crippen molar-refractivity contribution in [3.63, 3.8) is 0 Å². The Hall–Kier alpha value is -3.85. The summed E-state index contributed by atoms with van der Waals surface area (Å²) >= 11 is 13.7. The van der Waals surface area contributed by atoms with E-state index < -0.39 is 12.0 Å². The van der Waals surface area contributed by atoms with Gasteiger partial charge in [0.25, 0.3) is 5.56 Å². The number of benzene rings is 2. The number of allylic oxidation sites excluding steroid dienone is 1. The number of fused-ring (bicyclic) bond motifs is 1. The van der Waals surface area contributed by atoms with Gasteiger partial charge in [0.05, 0.1) is 39.0 Å². The maximum Gasteiger partial charge on any atom is 0.338 e. The molecular weight excluding hydrogens is 559 g/mol. The fourth-order valence-electron chi connectivity index (χ4n) is 4.30. The Morgan fingerprint density at radius 3 is 2.67 bits per heavy atom. The molecule has 198 valence electrons. The molecular formula is C29H22Cl2N2O5S. The number of furan rings is 1. The van der Waals surface area contributed by atoms with Gasteiger partial charge in [-0.1, -0.05) is 65.4 Å². The smallest absolute Gasteiger partial charge is 0.338 e. The van der Waals surface area contributed by atoms with E-state index in [-0.39, 0.29) is 17.7 Å². The third-order valence-electron chi connectivity index (χ3n) is 6.12. The lowest BCUT2D eigenvalue weighted by Gasteiger charge is -2.24. The molecule has 0 radical (unpaired) electrons. The van der Waals surface area contributed by atoms with Gasteiger partial charge in [0, 0.05) is 11.6 Å². The number of rotatable bonds is 7. The number of ether oxygens (including phenoxy) is 2. The first kappa shape index (κ1) is 26.7. The van der Waals surface area contributed by atoms with Crippen LogP contribution >= 0.6 is 34.5 Å². The van der Waals surface area contributed by atoms with Gasteiger partial charge in [0.2, 0.25) is 0 Å². The van der Waals surface area contributed by atoms with Crippen LogP contribution in [0.5, 0.6) is 5.75 Å². The van der Waals surface area contributed by atoms with Crippen LogP contribution in [0.15, 0.2) is 92.7 Å². The zero-order valence-electron chi connectivity index (χ0n) is 20.9. The zero-order chi connectivity index (χ0) is 27.7. The number of methoxy groups -OCH3 is 1. The number of esters is 1. The van der Waals surface area contributed by atoms with Gasteiger partial charge < -0.3 is 13.9 Å². The molecule has 0 spiro atoms. The summed E-state index contributed by atoms with van der Waals surface area (Å²) in [7, 11) is 1.57. The summed E-state index contributed by atoms with van der Waals surface area (Å²) in [4.78, 5) is 31.9. The van der Waals surface area contributed by atoms with Crippen LogP contribution in [0.3, 0.4) is 0 Å². The van der Waals surface area contributed by atoms with Crippen LogP contribution in [-0.4, -0.2) is 24.3 Å². The highest BCUT2D eigenvalue weighted by Crippen LogP contribution is 2.35. The van der Waals surface area contributed by atoms with Crippen LogP contribution in [0.4, 0.5) is 0 Å². The van der Waals surface area contributed by atoms with Crippen molar-refractivity contribution in [1.82, 2.24) is 4.57 Å². The minimum Gasteiger partial charge on any atom is -0.497 e. The number of hydrogen-bond acceptors (Lipinski definition) is 7. The summed E-state index contributed by atoms with van der Waals surface area (Å²) in [5, 5.41) is 0.794. The van der Waals surface area contributed by atoms with Crippen LogP contribution in [-0.2, 0) is 9.53 Å². The highest BCUT2D eigenvalue weighted by atomic mass is 35.5. The molecule has 0 saturated heterocycles. The SMILES string of the molecule is C=CCOC(=O)C1=C(C)N=c2sc(=Cc3ccc(-c4cccc(Cl)c4Cl)o3)c(=O)n2C1c1ccc(OC)cc1. The van der Waals surface area contributed by atoms with E-state index in [1.807, 2.05) is 12.1 Å². The third-order valence-corrected chi connectivity index (χ3v) is 7.92. The van der Waals surface area contributed by atoms with E-state index in [2.05, 4.69) is 11.6 Å². The summed E-state index contributed by atoms with van der Waals surface area (Å²) in [6, 6.07) is 15.2. The van der Waals surface area contributed by atoms with Gasteiger partial charge >= 0.3 is 5.97 Å². The van der Waals surface area contributed by atoms with E-state index in [0.717, 1.165) is 0 Å².